The molecule has 0 amide bonds. The molecule has 1 aromatic rings. The number of hydrogen-bond acceptors (Lipinski definition) is 5. The maximum Gasteiger partial charge on any atom is 0.387 e. The maximum absolute atomic E-state index is 10.7. The summed E-state index contributed by atoms with van der Waals surface area (Å²) in [6.07, 6.45) is 0. The highest BCUT2D eigenvalue weighted by Crippen LogP contribution is 2.40. The summed E-state index contributed by atoms with van der Waals surface area (Å²) in [6, 6.07) is 3.22. The van der Waals surface area contributed by atoms with Crippen LogP contribution >= 0.6 is 34.8 Å². The summed E-state index contributed by atoms with van der Waals surface area (Å²) in [4.78, 5) is 19.4. The molecule has 0 saturated carbocycles. The summed E-state index contributed by atoms with van der Waals surface area (Å²) >= 11 is 15.9. The van der Waals surface area contributed by atoms with Crippen molar-refractivity contribution in [2.45, 2.75) is 3.98 Å². The van der Waals surface area contributed by atoms with E-state index in [4.69, 9.17) is 34.8 Å². The van der Waals surface area contributed by atoms with Gasteiger partial charge in [0.05, 0.1) is 9.85 Å². The Morgan fingerprint density at radius 3 is 2.12 bits per heavy atom. The molecule has 0 aliphatic rings. The molecule has 0 aliphatic carbocycles. The van der Waals surface area contributed by atoms with Gasteiger partial charge in [0.2, 0.25) is 5.75 Å². The molecule has 0 radical (unpaired) electrons. The molecule has 1 rings (SSSR count). The van der Waals surface area contributed by atoms with Gasteiger partial charge in [-0.2, -0.15) is 0 Å². The van der Waals surface area contributed by atoms with Crippen molar-refractivity contribution in [1.82, 2.24) is 0 Å². The molecule has 92 valence electrons. The summed E-state index contributed by atoms with van der Waals surface area (Å²) in [7, 11) is 0. The first-order valence-electron chi connectivity index (χ1n) is 3.90. The van der Waals surface area contributed by atoms with Crippen molar-refractivity contribution >= 4 is 46.2 Å². The van der Waals surface area contributed by atoms with Crippen LogP contribution in [0.1, 0.15) is 0 Å². The molecule has 0 heterocycles. The molecular formula is C7H3Cl3N2O5. The van der Waals surface area contributed by atoms with Gasteiger partial charge >= 0.3 is 15.4 Å². The molecule has 0 N–H and O–H groups in total. The number of para-hydroxylation sites is 1. The molecule has 0 aliphatic heterocycles. The number of halogens is 3. The Morgan fingerprint density at radius 1 is 1.12 bits per heavy atom. The van der Waals surface area contributed by atoms with E-state index in [2.05, 4.69) is 4.74 Å². The van der Waals surface area contributed by atoms with Crippen molar-refractivity contribution in [3.63, 3.8) is 0 Å². The molecule has 0 aromatic heterocycles. The molecule has 0 bridgehead atoms. The number of rotatable bonds is 3. The monoisotopic (exact) mass is 300 g/mol. The number of alkyl halides is 3. The summed E-state index contributed by atoms with van der Waals surface area (Å²) in [5.74, 6) is -0.496. The average molecular weight is 301 g/mol. The molecule has 0 saturated heterocycles. The highest BCUT2D eigenvalue weighted by atomic mass is 35.6. The highest BCUT2D eigenvalue weighted by molar-refractivity contribution is 6.66. The number of nitro benzene ring substituents is 2. The SMILES string of the molecule is O=[N+]([O-])c1cccc(OC(Cl)(Cl)Cl)c1[N+](=O)[O-]. The summed E-state index contributed by atoms with van der Waals surface area (Å²) in [6.45, 7) is 0. The minimum Gasteiger partial charge on any atom is -0.438 e. The van der Waals surface area contributed by atoms with Crippen molar-refractivity contribution in [1.29, 1.82) is 0 Å². The summed E-state index contributed by atoms with van der Waals surface area (Å²) < 4.78 is 2.39. The predicted molar refractivity (Wildman–Crippen MR) is 60.7 cm³/mol. The number of nitro groups is 2. The van der Waals surface area contributed by atoms with Crippen LogP contribution in [0.5, 0.6) is 5.75 Å². The molecule has 17 heavy (non-hydrogen) atoms. The van der Waals surface area contributed by atoms with Crippen LogP contribution in [-0.2, 0) is 0 Å². The Labute approximate surface area is 109 Å². The molecule has 0 spiro atoms. The van der Waals surface area contributed by atoms with Crippen molar-refractivity contribution in [2.24, 2.45) is 0 Å². The van der Waals surface area contributed by atoms with E-state index in [1.165, 1.54) is 6.07 Å². The normalized spacial score (nSPS) is 11.0. The van der Waals surface area contributed by atoms with E-state index >= 15 is 0 Å². The number of benzene rings is 1. The third-order valence-corrected chi connectivity index (χ3v) is 1.81. The van der Waals surface area contributed by atoms with E-state index in [0.717, 1.165) is 12.1 Å². The van der Waals surface area contributed by atoms with Gasteiger partial charge in [-0.1, -0.05) is 6.07 Å². The van der Waals surface area contributed by atoms with Crippen LogP contribution < -0.4 is 4.74 Å². The second-order valence-corrected chi connectivity index (χ2v) is 4.86. The van der Waals surface area contributed by atoms with Gasteiger partial charge in [-0.3, -0.25) is 20.2 Å². The Morgan fingerprint density at radius 2 is 1.71 bits per heavy atom. The van der Waals surface area contributed by atoms with Crippen molar-refractivity contribution in [3.05, 3.63) is 38.4 Å². The van der Waals surface area contributed by atoms with E-state index in [1.807, 2.05) is 0 Å². The van der Waals surface area contributed by atoms with Gasteiger partial charge in [0.15, 0.2) is 0 Å². The quantitative estimate of drug-likeness (QED) is 0.485. The van der Waals surface area contributed by atoms with Crippen LogP contribution in [0.3, 0.4) is 0 Å². The molecule has 7 nitrogen and oxygen atoms in total. The van der Waals surface area contributed by atoms with Crippen molar-refractivity contribution in [2.75, 3.05) is 0 Å². The zero-order chi connectivity index (χ0) is 13.2. The molecule has 0 fully saturated rings. The molecule has 0 unspecified atom stereocenters. The lowest BCUT2D eigenvalue weighted by molar-refractivity contribution is -0.423. The first kappa shape index (κ1) is 13.8. The standard InChI is InChI=1S/C7H3Cl3N2O5/c8-7(9,10)17-5-3-1-2-4(11(13)14)6(5)12(15)16/h1-3H. The number of hydrogen-bond donors (Lipinski definition) is 0. The minimum atomic E-state index is -2.25. The molecule has 0 atom stereocenters. The lowest BCUT2D eigenvalue weighted by atomic mass is 10.2. The second kappa shape index (κ2) is 4.91. The van der Waals surface area contributed by atoms with Gasteiger partial charge in [0.25, 0.3) is 0 Å². The topological polar surface area (TPSA) is 95.5 Å². The van der Waals surface area contributed by atoms with Crippen LogP contribution in [0.15, 0.2) is 18.2 Å². The van der Waals surface area contributed by atoms with Gasteiger partial charge in [0.1, 0.15) is 0 Å². The van der Waals surface area contributed by atoms with Crippen molar-refractivity contribution in [3.8, 4) is 5.75 Å². The van der Waals surface area contributed by atoms with Crippen LogP contribution in [-0.4, -0.2) is 13.8 Å². The lowest BCUT2D eigenvalue weighted by Gasteiger charge is -2.13. The third-order valence-electron chi connectivity index (χ3n) is 1.58. The van der Waals surface area contributed by atoms with E-state index in [9.17, 15) is 20.2 Å². The number of ether oxygens (including phenoxy) is 1. The van der Waals surface area contributed by atoms with Crippen LogP contribution in [0.2, 0.25) is 0 Å². The first-order valence-corrected chi connectivity index (χ1v) is 5.03. The zero-order valence-electron chi connectivity index (χ0n) is 7.80. The van der Waals surface area contributed by atoms with Crippen LogP contribution in [0.25, 0.3) is 0 Å². The van der Waals surface area contributed by atoms with E-state index < -0.39 is 30.9 Å². The Hall–Kier alpha value is -1.31. The van der Waals surface area contributed by atoms with E-state index in [-0.39, 0.29) is 0 Å². The van der Waals surface area contributed by atoms with Crippen molar-refractivity contribution < 1.29 is 14.6 Å². The van der Waals surface area contributed by atoms with Gasteiger partial charge in [0, 0.05) is 6.07 Å². The highest BCUT2D eigenvalue weighted by Gasteiger charge is 2.33. The predicted octanol–water partition coefficient (Wildman–Crippen LogP) is 3.21. The number of nitrogens with zero attached hydrogens (tertiary/aromatic N) is 2. The molecule has 10 heteroatoms. The Bertz CT molecular complexity index is 473. The largest absolute Gasteiger partial charge is 0.438 e. The Balaban J connectivity index is 3.35. The minimum absolute atomic E-state index is 0.496. The molecule has 1 aromatic carbocycles. The zero-order valence-corrected chi connectivity index (χ0v) is 10.1. The third kappa shape index (κ3) is 3.58. The van der Waals surface area contributed by atoms with Gasteiger partial charge in [-0.15, -0.1) is 0 Å². The average Bonchev–Trinajstić information content (AvgIpc) is 2.14. The fourth-order valence-corrected chi connectivity index (χ4v) is 1.30. The van der Waals surface area contributed by atoms with E-state index in [0.29, 0.717) is 0 Å². The first-order chi connectivity index (χ1) is 7.72. The summed E-state index contributed by atoms with van der Waals surface area (Å²) in [5, 5.41) is 21.3. The summed E-state index contributed by atoms with van der Waals surface area (Å²) in [5.41, 5.74) is -1.62. The van der Waals surface area contributed by atoms with Gasteiger partial charge < -0.3 is 4.74 Å². The maximum atomic E-state index is 10.7. The lowest BCUT2D eigenvalue weighted by Crippen LogP contribution is -2.14. The Kier molecular flexibility index (Phi) is 3.97. The smallest absolute Gasteiger partial charge is 0.387 e. The second-order valence-electron chi connectivity index (χ2n) is 2.69. The fourth-order valence-electron chi connectivity index (χ4n) is 1.05. The van der Waals surface area contributed by atoms with Crippen LogP contribution in [0, 0.1) is 20.2 Å². The van der Waals surface area contributed by atoms with Gasteiger partial charge in [-0.25, -0.2) is 0 Å². The van der Waals surface area contributed by atoms with Crippen LogP contribution in [0.4, 0.5) is 11.4 Å². The van der Waals surface area contributed by atoms with E-state index in [1.54, 1.807) is 0 Å². The molecular weight excluding hydrogens is 298 g/mol. The fraction of sp³-hybridized carbons (Fsp3) is 0.143. The van der Waals surface area contributed by atoms with Gasteiger partial charge in [-0.05, 0) is 40.9 Å².